The van der Waals surface area contributed by atoms with E-state index < -0.39 is 0 Å². The highest BCUT2D eigenvalue weighted by Crippen LogP contribution is 2.28. The van der Waals surface area contributed by atoms with E-state index in [1.807, 2.05) is 19.1 Å². The first kappa shape index (κ1) is 16.8. The standard InChI is InChI=1S/C19H19FN4O/c1-3-17-22-12-16(23-17)19(25)24(2)18(14-5-4-10-21-11-14)13-6-8-15(20)9-7-13/h4-12,18H,3H2,1-2H3,(H,22,23)/t18-/m0/s1. The monoisotopic (exact) mass is 338 g/mol. The Labute approximate surface area is 145 Å². The van der Waals surface area contributed by atoms with Gasteiger partial charge in [0.1, 0.15) is 17.3 Å². The number of H-pyrrole nitrogens is 1. The van der Waals surface area contributed by atoms with E-state index in [-0.39, 0.29) is 17.8 Å². The van der Waals surface area contributed by atoms with E-state index >= 15 is 0 Å². The highest BCUT2D eigenvalue weighted by atomic mass is 19.1. The molecule has 0 fully saturated rings. The van der Waals surface area contributed by atoms with Crippen molar-refractivity contribution < 1.29 is 9.18 Å². The van der Waals surface area contributed by atoms with Gasteiger partial charge in [-0.05, 0) is 29.3 Å². The number of carbonyl (C=O) groups excluding carboxylic acids is 1. The van der Waals surface area contributed by atoms with Crippen molar-refractivity contribution in [1.29, 1.82) is 0 Å². The molecule has 0 spiro atoms. The molecule has 3 rings (SSSR count). The van der Waals surface area contributed by atoms with Crippen molar-refractivity contribution in [3.8, 4) is 0 Å². The van der Waals surface area contributed by atoms with Gasteiger partial charge in [0.15, 0.2) is 0 Å². The van der Waals surface area contributed by atoms with E-state index in [4.69, 9.17) is 0 Å². The lowest BCUT2D eigenvalue weighted by Crippen LogP contribution is -2.32. The molecule has 0 aliphatic carbocycles. The first-order valence-electron chi connectivity index (χ1n) is 8.06. The second kappa shape index (κ2) is 7.25. The van der Waals surface area contributed by atoms with Crippen LogP contribution in [-0.2, 0) is 6.42 Å². The zero-order valence-corrected chi connectivity index (χ0v) is 14.1. The number of rotatable bonds is 5. The minimum atomic E-state index is -0.379. The van der Waals surface area contributed by atoms with Gasteiger partial charge in [-0.15, -0.1) is 0 Å². The molecular formula is C19H19FN4O. The van der Waals surface area contributed by atoms with Gasteiger partial charge in [0.25, 0.3) is 5.91 Å². The second-order valence-corrected chi connectivity index (χ2v) is 5.75. The van der Waals surface area contributed by atoms with E-state index in [1.165, 1.54) is 12.1 Å². The Kier molecular flexibility index (Phi) is 4.88. The minimum Gasteiger partial charge on any atom is -0.338 e. The summed E-state index contributed by atoms with van der Waals surface area (Å²) >= 11 is 0. The van der Waals surface area contributed by atoms with Gasteiger partial charge in [-0.2, -0.15) is 0 Å². The molecule has 128 valence electrons. The number of nitrogens with zero attached hydrogens (tertiary/aromatic N) is 3. The normalized spacial score (nSPS) is 12.0. The molecule has 1 atom stereocenters. The van der Waals surface area contributed by atoms with Crippen LogP contribution in [0.4, 0.5) is 4.39 Å². The first-order valence-corrected chi connectivity index (χ1v) is 8.06. The number of hydrogen-bond acceptors (Lipinski definition) is 3. The van der Waals surface area contributed by atoms with Crippen molar-refractivity contribution in [2.75, 3.05) is 7.05 Å². The van der Waals surface area contributed by atoms with E-state index in [2.05, 4.69) is 15.0 Å². The molecule has 2 heterocycles. The minimum absolute atomic E-state index is 0.189. The SMILES string of the molecule is CCc1ncc(C(=O)N(C)[C@@H](c2ccc(F)cc2)c2cccnc2)[nH]1. The van der Waals surface area contributed by atoms with Crippen molar-refractivity contribution in [3.05, 3.63) is 83.5 Å². The predicted octanol–water partition coefficient (Wildman–Crippen LogP) is 3.37. The van der Waals surface area contributed by atoms with Crippen LogP contribution in [0.25, 0.3) is 0 Å². The topological polar surface area (TPSA) is 61.9 Å². The quantitative estimate of drug-likeness (QED) is 0.776. The second-order valence-electron chi connectivity index (χ2n) is 5.75. The van der Waals surface area contributed by atoms with Crippen molar-refractivity contribution in [3.63, 3.8) is 0 Å². The Morgan fingerprint density at radius 1 is 1.20 bits per heavy atom. The van der Waals surface area contributed by atoms with Gasteiger partial charge in [0, 0.05) is 25.9 Å². The van der Waals surface area contributed by atoms with Gasteiger partial charge in [0.2, 0.25) is 0 Å². The first-order chi connectivity index (χ1) is 12.1. The summed E-state index contributed by atoms with van der Waals surface area (Å²) < 4.78 is 13.3. The molecule has 0 aliphatic heterocycles. The van der Waals surface area contributed by atoms with Crippen molar-refractivity contribution >= 4 is 5.91 Å². The Hall–Kier alpha value is -3.02. The van der Waals surface area contributed by atoms with E-state index in [1.54, 1.807) is 42.7 Å². The van der Waals surface area contributed by atoms with Crippen molar-refractivity contribution in [2.24, 2.45) is 0 Å². The molecule has 25 heavy (non-hydrogen) atoms. The highest BCUT2D eigenvalue weighted by molar-refractivity contribution is 5.92. The highest BCUT2D eigenvalue weighted by Gasteiger charge is 2.25. The van der Waals surface area contributed by atoms with Crippen LogP contribution < -0.4 is 0 Å². The average molecular weight is 338 g/mol. The maximum atomic E-state index is 13.3. The number of nitrogens with one attached hydrogen (secondary N) is 1. The van der Waals surface area contributed by atoms with Crippen LogP contribution in [0.2, 0.25) is 0 Å². The summed E-state index contributed by atoms with van der Waals surface area (Å²) in [6.45, 7) is 1.97. The largest absolute Gasteiger partial charge is 0.338 e. The van der Waals surface area contributed by atoms with Crippen molar-refractivity contribution in [2.45, 2.75) is 19.4 Å². The van der Waals surface area contributed by atoms with Crippen LogP contribution in [0.15, 0.2) is 55.0 Å². The molecule has 1 amide bonds. The summed E-state index contributed by atoms with van der Waals surface area (Å²) in [5.74, 6) is 0.255. The number of hydrogen-bond donors (Lipinski definition) is 1. The number of benzene rings is 1. The molecule has 0 unspecified atom stereocenters. The summed E-state index contributed by atoms with van der Waals surface area (Å²) in [4.78, 5) is 25.9. The third kappa shape index (κ3) is 3.57. The zero-order chi connectivity index (χ0) is 17.8. The van der Waals surface area contributed by atoms with Crippen LogP contribution in [0.3, 0.4) is 0 Å². The van der Waals surface area contributed by atoms with Gasteiger partial charge < -0.3 is 9.88 Å². The zero-order valence-electron chi connectivity index (χ0n) is 14.1. The Morgan fingerprint density at radius 2 is 1.96 bits per heavy atom. The fourth-order valence-electron chi connectivity index (χ4n) is 2.78. The van der Waals surface area contributed by atoms with E-state index in [9.17, 15) is 9.18 Å². The summed E-state index contributed by atoms with van der Waals surface area (Å²) in [7, 11) is 1.72. The lowest BCUT2D eigenvalue weighted by atomic mass is 9.98. The fraction of sp³-hybridized carbons (Fsp3) is 0.211. The number of carbonyl (C=O) groups is 1. The Bertz CT molecular complexity index is 845. The fourth-order valence-corrected chi connectivity index (χ4v) is 2.78. The van der Waals surface area contributed by atoms with Gasteiger partial charge in [-0.3, -0.25) is 9.78 Å². The van der Waals surface area contributed by atoms with Gasteiger partial charge in [-0.25, -0.2) is 9.37 Å². The number of halogens is 1. The van der Waals surface area contributed by atoms with Crippen LogP contribution >= 0.6 is 0 Å². The van der Waals surface area contributed by atoms with Crippen LogP contribution in [0.5, 0.6) is 0 Å². The maximum Gasteiger partial charge on any atom is 0.272 e. The molecule has 5 nitrogen and oxygen atoms in total. The molecule has 0 aliphatic rings. The molecule has 6 heteroatoms. The molecule has 1 aromatic carbocycles. The number of aromatic amines is 1. The number of aromatic nitrogens is 3. The molecule has 2 aromatic heterocycles. The molecule has 0 saturated heterocycles. The summed E-state index contributed by atoms with van der Waals surface area (Å²) in [6.07, 6.45) is 5.65. The molecule has 0 bridgehead atoms. The Morgan fingerprint density at radius 3 is 2.56 bits per heavy atom. The molecule has 0 radical (unpaired) electrons. The number of pyridine rings is 1. The van der Waals surface area contributed by atoms with Crippen molar-refractivity contribution in [1.82, 2.24) is 19.9 Å². The maximum absolute atomic E-state index is 13.3. The van der Waals surface area contributed by atoms with Gasteiger partial charge in [0.05, 0.1) is 12.2 Å². The lowest BCUT2D eigenvalue weighted by molar-refractivity contribution is 0.0749. The molecule has 1 N–H and O–H groups in total. The number of imidazole rings is 1. The smallest absolute Gasteiger partial charge is 0.272 e. The summed E-state index contributed by atoms with van der Waals surface area (Å²) in [5.41, 5.74) is 2.08. The van der Waals surface area contributed by atoms with E-state index in [0.29, 0.717) is 5.69 Å². The number of aryl methyl sites for hydroxylation is 1. The predicted molar refractivity (Wildman–Crippen MR) is 92.5 cm³/mol. The summed E-state index contributed by atoms with van der Waals surface area (Å²) in [6, 6.07) is 9.48. The third-order valence-electron chi connectivity index (χ3n) is 4.09. The van der Waals surface area contributed by atoms with Crippen LogP contribution in [0.1, 0.15) is 40.4 Å². The molecule has 3 aromatic rings. The molecule has 0 saturated carbocycles. The van der Waals surface area contributed by atoms with Gasteiger partial charge >= 0.3 is 0 Å². The lowest BCUT2D eigenvalue weighted by Gasteiger charge is -2.28. The molecular weight excluding hydrogens is 319 g/mol. The van der Waals surface area contributed by atoms with Crippen LogP contribution in [0, 0.1) is 5.82 Å². The van der Waals surface area contributed by atoms with Gasteiger partial charge in [-0.1, -0.05) is 25.1 Å². The Balaban J connectivity index is 1.98. The summed E-state index contributed by atoms with van der Waals surface area (Å²) in [5, 5.41) is 0. The van der Waals surface area contributed by atoms with Crippen LogP contribution in [-0.4, -0.2) is 32.8 Å². The third-order valence-corrected chi connectivity index (χ3v) is 4.09. The van der Waals surface area contributed by atoms with E-state index in [0.717, 1.165) is 23.4 Å². The number of amides is 1. The average Bonchev–Trinajstić information content (AvgIpc) is 3.13.